The number of methoxy groups -OCH3 is 1. The van der Waals surface area contributed by atoms with Gasteiger partial charge in [-0.05, 0) is 55.3 Å². The lowest BCUT2D eigenvalue weighted by Crippen LogP contribution is -2.56. The normalized spacial score (nSPS) is 22.7. The summed E-state index contributed by atoms with van der Waals surface area (Å²) in [5.41, 5.74) is -1.24. The van der Waals surface area contributed by atoms with E-state index < -0.39 is 95.0 Å². The molecule has 0 spiro atoms. The lowest BCUT2D eigenvalue weighted by atomic mass is 9.72. The number of benzene rings is 2. The molecular weight excluding hydrogens is 829 g/mol. The number of carbonyl (C=O) groups is 6. The minimum atomic E-state index is -2.14. The molecule has 0 saturated carbocycles. The number of carbonyl (C=O) groups excluding carboxylic acids is 6. The number of nitrogens with one attached hydrogen (secondary N) is 1. The third-order valence-electron chi connectivity index (χ3n) is 12.7. The molecule has 8 rings (SSSR count). The van der Waals surface area contributed by atoms with Crippen LogP contribution < -0.4 is 10.1 Å². The first kappa shape index (κ1) is 44.0. The van der Waals surface area contributed by atoms with Crippen molar-refractivity contribution in [1.82, 2.24) is 19.0 Å². The van der Waals surface area contributed by atoms with Crippen molar-refractivity contribution in [3.63, 3.8) is 0 Å². The van der Waals surface area contributed by atoms with Crippen LogP contribution in [-0.4, -0.2) is 106 Å². The molecule has 4 unspecified atom stereocenters. The molecule has 3 aromatic heterocycles. The van der Waals surface area contributed by atoms with Crippen molar-refractivity contribution in [3.05, 3.63) is 123 Å². The zero-order valence-electron chi connectivity index (χ0n) is 36.0. The molecule has 6 atom stereocenters. The first-order valence-corrected chi connectivity index (χ1v) is 20.7. The smallest absolute Gasteiger partial charge is 0.268 e. The van der Waals surface area contributed by atoms with E-state index >= 15 is 0 Å². The maximum atomic E-state index is 14.0. The number of fused-ring (bicyclic) bond motifs is 3. The van der Waals surface area contributed by atoms with Crippen LogP contribution in [0.25, 0.3) is 0 Å². The van der Waals surface area contributed by atoms with Gasteiger partial charge < -0.3 is 53.7 Å². The van der Waals surface area contributed by atoms with Crippen molar-refractivity contribution in [2.75, 3.05) is 7.11 Å². The van der Waals surface area contributed by atoms with Crippen LogP contribution in [-0.2, 0) is 54.7 Å². The molecule has 1 fully saturated rings. The number of aliphatic hydroxyl groups excluding tert-OH is 1. The second-order valence-electron chi connectivity index (χ2n) is 16.9. The first-order chi connectivity index (χ1) is 30.3. The Hall–Kier alpha value is -6.66. The number of hydrogen-bond acceptors (Lipinski definition) is 13. The van der Waals surface area contributed by atoms with Gasteiger partial charge >= 0.3 is 0 Å². The number of aromatic hydroxyl groups is 2. The van der Waals surface area contributed by atoms with E-state index in [4.69, 9.17) is 14.2 Å². The van der Waals surface area contributed by atoms with Crippen LogP contribution >= 0.6 is 0 Å². The van der Waals surface area contributed by atoms with Gasteiger partial charge in [0.2, 0.25) is 5.78 Å². The third kappa shape index (κ3) is 7.53. The van der Waals surface area contributed by atoms with Crippen molar-refractivity contribution in [3.8, 4) is 17.2 Å². The third-order valence-corrected chi connectivity index (χ3v) is 12.7. The van der Waals surface area contributed by atoms with Gasteiger partial charge in [0.05, 0.1) is 53.4 Å². The molecule has 17 nitrogen and oxygen atoms in total. The van der Waals surface area contributed by atoms with Crippen LogP contribution in [0.5, 0.6) is 17.2 Å². The molecule has 0 bridgehead atoms. The fraction of sp³-hybridized carbons (Fsp3) is 0.362. The number of aromatic nitrogens is 3. The summed E-state index contributed by atoms with van der Waals surface area (Å²) >= 11 is 0. The largest absolute Gasteiger partial charge is 0.507 e. The van der Waals surface area contributed by atoms with Crippen molar-refractivity contribution in [2.24, 2.45) is 21.1 Å². The van der Waals surface area contributed by atoms with Gasteiger partial charge in [0, 0.05) is 88.5 Å². The molecule has 0 radical (unpaired) electrons. The summed E-state index contributed by atoms with van der Waals surface area (Å²) in [5.74, 6) is -4.48. The Kier molecular flexibility index (Phi) is 11.3. The fourth-order valence-corrected chi connectivity index (χ4v) is 9.27. The standard InChI is InChI=1S/C47H48N4O13/c1-22-41(55)28(48-46(60)31-14-25(21-51(31)5)16-33(54)30-13-24(20-50(30)4)15-32(53)29-10-8-12-49(29)3)17-36(63-22)64-35-19-47(61,23(2)52)18-27-38(35)45(59)40-39(43(27)57)42(56)26-9-7-11-34(62-6)37(26)44(40)58/h7-14,20-22,28,35-36,41,55,57,59,61H,15-19H2,1-6H3,(H,48,60)/t22?,28?,35-,36?,41?,47+/m0/s1. The van der Waals surface area contributed by atoms with Crippen LogP contribution in [0.3, 0.4) is 0 Å². The highest BCUT2D eigenvalue weighted by molar-refractivity contribution is 6.31. The number of aryl methyl sites for hydroxylation is 3. The predicted molar refractivity (Wildman–Crippen MR) is 226 cm³/mol. The van der Waals surface area contributed by atoms with E-state index in [-0.39, 0.29) is 64.5 Å². The van der Waals surface area contributed by atoms with E-state index in [2.05, 4.69) is 5.32 Å². The molecule has 64 heavy (non-hydrogen) atoms. The quantitative estimate of drug-likeness (QED) is 0.0877. The number of ether oxygens (including phenoxy) is 3. The van der Waals surface area contributed by atoms with Gasteiger partial charge in [-0.2, -0.15) is 0 Å². The highest BCUT2D eigenvalue weighted by Gasteiger charge is 2.50. The Morgan fingerprint density at radius 2 is 1.50 bits per heavy atom. The second-order valence-corrected chi connectivity index (χ2v) is 16.9. The number of phenols is 2. The van der Waals surface area contributed by atoms with E-state index in [0.29, 0.717) is 22.5 Å². The molecule has 5 N–H and O–H groups in total. The summed E-state index contributed by atoms with van der Waals surface area (Å²) in [6, 6.07) is 10.2. The molecule has 1 saturated heterocycles. The van der Waals surface area contributed by atoms with Gasteiger partial charge in [-0.1, -0.05) is 12.1 Å². The van der Waals surface area contributed by atoms with Crippen molar-refractivity contribution < 1.29 is 63.4 Å². The summed E-state index contributed by atoms with van der Waals surface area (Å²) < 4.78 is 22.7. The Morgan fingerprint density at radius 1 is 0.859 bits per heavy atom. The second kappa shape index (κ2) is 16.5. The molecular formula is C47H48N4O13. The SMILES string of the molecule is COc1cccc2c1C(=O)c1c(O)c3c(c(O)c1C2=O)C[C@](O)(C(C)=O)C[C@@H]3OC1CC(NC(=O)c2cc(CC(=O)c3cc(CC(=O)c4cccn4C)cn3C)cn2C)C(O)C(C)O1. The van der Waals surface area contributed by atoms with Gasteiger partial charge in [0.15, 0.2) is 29.4 Å². The van der Waals surface area contributed by atoms with Gasteiger partial charge in [-0.15, -0.1) is 0 Å². The lowest BCUT2D eigenvalue weighted by molar-refractivity contribution is -0.248. The molecule has 2 aliphatic carbocycles. The van der Waals surface area contributed by atoms with Crippen LogP contribution in [0.1, 0.15) is 118 Å². The fourth-order valence-electron chi connectivity index (χ4n) is 9.27. The minimum absolute atomic E-state index is 0.0437. The van der Waals surface area contributed by atoms with E-state index in [9.17, 15) is 49.2 Å². The van der Waals surface area contributed by atoms with E-state index in [1.54, 1.807) is 84.6 Å². The average Bonchev–Trinajstić information content (AvgIpc) is 3.96. The number of ketones is 5. The first-order valence-electron chi connectivity index (χ1n) is 20.7. The Morgan fingerprint density at radius 3 is 2.14 bits per heavy atom. The van der Waals surface area contributed by atoms with Crippen LogP contribution in [0, 0.1) is 0 Å². The molecule has 3 aliphatic rings. The highest BCUT2D eigenvalue weighted by Crippen LogP contribution is 2.52. The minimum Gasteiger partial charge on any atom is -0.507 e. The van der Waals surface area contributed by atoms with Gasteiger partial charge in [-0.3, -0.25) is 28.8 Å². The van der Waals surface area contributed by atoms with E-state index in [1.807, 2.05) is 0 Å². The Balaban J connectivity index is 1.01. The topological polar surface area (TPSA) is 238 Å². The monoisotopic (exact) mass is 876 g/mol. The molecule has 334 valence electrons. The number of Topliss-reactive ketones (excluding diaryl/α,β-unsaturated/α-hetero) is 3. The number of amides is 1. The van der Waals surface area contributed by atoms with Crippen molar-refractivity contribution in [1.29, 1.82) is 0 Å². The number of aliphatic hydroxyl groups is 2. The molecule has 17 heteroatoms. The zero-order chi connectivity index (χ0) is 46.1. The molecule has 2 aromatic carbocycles. The number of rotatable bonds is 12. The summed E-state index contributed by atoms with van der Waals surface area (Å²) in [4.78, 5) is 81.0. The zero-order valence-corrected chi connectivity index (χ0v) is 36.0. The molecule has 1 aliphatic heterocycles. The number of hydrogen-bond donors (Lipinski definition) is 5. The number of phenolic OH excluding ortho intramolecular Hbond substituents is 2. The van der Waals surface area contributed by atoms with Gasteiger partial charge in [0.25, 0.3) is 5.91 Å². The Labute approximate surface area is 366 Å². The predicted octanol–water partition coefficient (Wildman–Crippen LogP) is 3.37. The van der Waals surface area contributed by atoms with Gasteiger partial charge in [0.1, 0.15) is 34.6 Å². The summed E-state index contributed by atoms with van der Waals surface area (Å²) in [7, 11) is 6.47. The molecule has 1 amide bonds. The van der Waals surface area contributed by atoms with Crippen molar-refractivity contribution in [2.45, 2.75) is 82.2 Å². The van der Waals surface area contributed by atoms with E-state index in [1.165, 1.54) is 25.3 Å². The van der Waals surface area contributed by atoms with Crippen LogP contribution in [0.4, 0.5) is 0 Å². The maximum absolute atomic E-state index is 14.0. The summed E-state index contributed by atoms with van der Waals surface area (Å²) in [6.07, 6.45) is -0.696. The summed E-state index contributed by atoms with van der Waals surface area (Å²) in [6.45, 7) is 2.70. The Bertz CT molecular complexity index is 2790. The molecule has 5 aromatic rings. The summed E-state index contributed by atoms with van der Waals surface area (Å²) in [5, 5.41) is 49.2. The lowest BCUT2D eigenvalue weighted by Gasteiger charge is -2.42. The van der Waals surface area contributed by atoms with Crippen molar-refractivity contribution >= 4 is 34.8 Å². The van der Waals surface area contributed by atoms with Crippen LogP contribution in [0.15, 0.2) is 61.1 Å². The van der Waals surface area contributed by atoms with Crippen LogP contribution in [0.2, 0.25) is 0 Å². The average molecular weight is 877 g/mol. The maximum Gasteiger partial charge on any atom is 0.268 e. The van der Waals surface area contributed by atoms with E-state index in [0.717, 1.165) is 6.92 Å². The number of nitrogens with zero attached hydrogens (tertiary/aromatic N) is 3. The highest BCUT2D eigenvalue weighted by atomic mass is 16.7. The molecule has 4 heterocycles. The van der Waals surface area contributed by atoms with Gasteiger partial charge in [-0.25, -0.2) is 0 Å².